The Kier molecular flexibility index (Phi) is 4.07. The van der Waals surface area contributed by atoms with Gasteiger partial charge in [0.05, 0.1) is 0 Å². The summed E-state index contributed by atoms with van der Waals surface area (Å²) in [5.74, 6) is 0.786. The summed E-state index contributed by atoms with van der Waals surface area (Å²) in [7, 11) is 0. The van der Waals surface area contributed by atoms with Gasteiger partial charge >= 0.3 is 0 Å². The van der Waals surface area contributed by atoms with Gasteiger partial charge in [0.1, 0.15) is 5.82 Å². The smallest absolute Gasteiger partial charge is 0.123 e. The third-order valence-corrected chi connectivity index (χ3v) is 4.58. The molecule has 3 rings (SSSR count). The molecule has 2 heteroatoms. The summed E-state index contributed by atoms with van der Waals surface area (Å²) < 4.78 is 13.4. The van der Waals surface area contributed by atoms with Crippen LogP contribution in [-0.2, 0) is 0 Å². The third-order valence-electron chi connectivity index (χ3n) is 4.58. The second-order valence-electron chi connectivity index (χ2n) is 6.12. The lowest BCUT2D eigenvalue weighted by Crippen LogP contribution is -2.34. The van der Waals surface area contributed by atoms with Crippen molar-refractivity contribution in [1.82, 2.24) is 5.32 Å². The maximum absolute atomic E-state index is 13.4. The number of rotatable bonds is 2. The molecule has 0 saturated carbocycles. The maximum atomic E-state index is 13.4. The quantitative estimate of drug-likeness (QED) is 0.866. The van der Waals surface area contributed by atoms with Crippen LogP contribution in [0.25, 0.3) is 0 Å². The van der Waals surface area contributed by atoms with E-state index in [-0.39, 0.29) is 5.82 Å². The minimum atomic E-state index is -0.141. The monoisotopic (exact) mass is 283 g/mol. The highest BCUT2D eigenvalue weighted by molar-refractivity contribution is 5.36. The van der Waals surface area contributed by atoms with Gasteiger partial charge in [-0.2, -0.15) is 0 Å². The van der Waals surface area contributed by atoms with Crippen molar-refractivity contribution in [2.75, 3.05) is 13.1 Å². The van der Waals surface area contributed by atoms with E-state index in [1.54, 1.807) is 12.1 Å². The van der Waals surface area contributed by atoms with Crippen LogP contribution < -0.4 is 5.32 Å². The minimum Gasteiger partial charge on any atom is -0.316 e. The molecule has 1 heterocycles. The second kappa shape index (κ2) is 5.98. The van der Waals surface area contributed by atoms with Crippen molar-refractivity contribution < 1.29 is 4.39 Å². The number of nitrogens with one attached hydrogen (secondary N) is 1. The van der Waals surface area contributed by atoms with E-state index in [9.17, 15) is 4.39 Å². The molecule has 2 aromatic carbocycles. The molecule has 1 fully saturated rings. The standard InChI is InChI=1S/C19H22FN/c1-13-4-3-5-15(10-13)19-12-21-9-8-18(19)17-7-6-16(20)11-14(17)2/h3-7,10-11,18-19,21H,8-9,12H2,1-2H3. The first-order valence-electron chi connectivity index (χ1n) is 7.68. The van der Waals surface area contributed by atoms with Crippen molar-refractivity contribution in [1.29, 1.82) is 0 Å². The Morgan fingerprint density at radius 2 is 1.90 bits per heavy atom. The fourth-order valence-electron chi connectivity index (χ4n) is 3.54. The Morgan fingerprint density at radius 3 is 2.67 bits per heavy atom. The van der Waals surface area contributed by atoms with Crippen molar-refractivity contribution in [3.05, 3.63) is 70.5 Å². The summed E-state index contributed by atoms with van der Waals surface area (Å²) in [6.07, 6.45) is 1.10. The van der Waals surface area contributed by atoms with Gasteiger partial charge in [-0.3, -0.25) is 0 Å². The molecule has 2 unspecified atom stereocenters. The largest absolute Gasteiger partial charge is 0.316 e. The first kappa shape index (κ1) is 14.3. The number of halogens is 1. The SMILES string of the molecule is Cc1cccc(C2CNCCC2c2ccc(F)cc2C)c1. The Bertz CT molecular complexity index is 635. The molecule has 0 spiro atoms. The van der Waals surface area contributed by atoms with Crippen molar-refractivity contribution in [3.63, 3.8) is 0 Å². The zero-order valence-electron chi connectivity index (χ0n) is 12.7. The van der Waals surface area contributed by atoms with Gasteiger partial charge in [0, 0.05) is 12.5 Å². The first-order chi connectivity index (χ1) is 10.1. The zero-order chi connectivity index (χ0) is 14.8. The molecule has 0 radical (unpaired) electrons. The van der Waals surface area contributed by atoms with Crippen molar-refractivity contribution in [2.24, 2.45) is 0 Å². The lowest BCUT2D eigenvalue weighted by Gasteiger charge is -2.34. The number of piperidine rings is 1. The fourth-order valence-corrected chi connectivity index (χ4v) is 3.54. The van der Waals surface area contributed by atoms with Crippen LogP contribution in [0.4, 0.5) is 4.39 Å². The molecule has 110 valence electrons. The Hall–Kier alpha value is -1.67. The van der Waals surface area contributed by atoms with Gasteiger partial charge in [-0.25, -0.2) is 4.39 Å². The van der Waals surface area contributed by atoms with E-state index in [4.69, 9.17) is 0 Å². The van der Waals surface area contributed by atoms with E-state index in [1.807, 2.05) is 13.0 Å². The fraction of sp³-hybridized carbons (Fsp3) is 0.368. The van der Waals surface area contributed by atoms with Crippen LogP contribution in [-0.4, -0.2) is 13.1 Å². The van der Waals surface area contributed by atoms with Gasteiger partial charge in [-0.15, -0.1) is 0 Å². The molecule has 0 bridgehead atoms. The maximum Gasteiger partial charge on any atom is 0.123 e. The molecular weight excluding hydrogens is 261 g/mol. The van der Waals surface area contributed by atoms with Gasteiger partial charge in [-0.05, 0) is 61.6 Å². The van der Waals surface area contributed by atoms with E-state index in [0.29, 0.717) is 11.8 Å². The molecule has 2 atom stereocenters. The summed E-state index contributed by atoms with van der Waals surface area (Å²) >= 11 is 0. The Morgan fingerprint density at radius 1 is 1.05 bits per heavy atom. The number of benzene rings is 2. The lowest BCUT2D eigenvalue weighted by molar-refractivity contribution is 0.402. The topological polar surface area (TPSA) is 12.0 Å². The van der Waals surface area contributed by atoms with Gasteiger partial charge < -0.3 is 5.32 Å². The summed E-state index contributed by atoms with van der Waals surface area (Å²) in [4.78, 5) is 0. The summed E-state index contributed by atoms with van der Waals surface area (Å²) in [6.45, 7) is 6.18. The number of hydrogen-bond acceptors (Lipinski definition) is 1. The van der Waals surface area contributed by atoms with Crippen LogP contribution in [0.1, 0.15) is 40.5 Å². The van der Waals surface area contributed by atoms with E-state index in [1.165, 1.54) is 16.7 Å². The molecule has 1 nitrogen and oxygen atoms in total. The van der Waals surface area contributed by atoms with Crippen molar-refractivity contribution in [2.45, 2.75) is 32.1 Å². The van der Waals surface area contributed by atoms with Gasteiger partial charge in [0.2, 0.25) is 0 Å². The van der Waals surface area contributed by atoms with Crippen molar-refractivity contribution in [3.8, 4) is 0 Å². The van der Waals surface area contributed by atoms with Gasteiger partial charge in [-0.1, -0.05) is 35.9 Å². The molecule has 1 aliphatic rings. The first-order valence-corrected chi connectivity index (χ1v) is 7.68. The number of aryl methyl sites for hydroxylation is 2. The molecule has 2 aromatic rings. The van der Waals surface area contributed by atoms with Gasteiger partial charge in [0.25, 0.3) is 0 Å². The molecule has 1 N–H and O–H groups in total. The van der Waals surface area contributed by atoms with Crippen LogP contribution in [0.5, 0.6) is 0 Å². The normalized spacial score (nSPS) is 22.2. The van der Waals surface area contributed by atoms with Crippen LogP contribution in [0.3, 0.4) is 0 Å². The average Bonchev–Trinajstić information content (AvgIpc) is 2.47. The molecular formula is C19H22FN. The summed E-state index contributed by atoms with van der Waals surface area (Å²) in [5.41, 5.74) is 5.05. The number of hydrogen-bond donors (Lipinski definition) is 1. The van der Waals surface area contributed by atoms with Crippen molar-refractivity contribution >= 4 is 0 Å². The Labute approximate surface area is 126 Å². The molecule has 0 amide bonds. The summed E-state index contributed by atoms with van der Waals surface area (Å²) in [6, 6.07) is 14.0. The highest BCUT2D eigenvalue weighted by atomic mass is 19.1. The highest BCUT2D eigenvalue weighted by Crippen LogP contribution is 2.38. The third kappa shape index (κ3) is 3.01. The highest BCUT2D eigenvalue weighted by Gasteiger charge is 2.28. The van der Waals surface area contributed by atoms with E-state index < -0.39 is 0 Å². The predicted octanol–water partition coefficient (Wildman–Crippen LogP) is 4.30. The predicted molar refractivity (Wildman–Crippen MR) is 85.3 cm³/mol. The van der Waals surface area contributed by atoms with Gasteiger partial charge in [0.15, 0.2) is 0 Å². The van der Waals surface area contributed by atoms with E-state index in [2.05, 4.69) is 36.5 Å². The van der Waals surface area contributed by atoms with E-state index in [0.717, 1.165) is 25.1 Å². The molecule has 0 aliphatic carbocycles. The van der Waals surface area contributed by atoms with Crippen LogP contribution in [0, 0.1) is 19.7 Å². The van der Waals surface area contributed by atoms with E-state index >= 15 is 0 Å². The molecule has 1 aliphatic heterocycles. The lowest BCUT2D eigenvalue weighted by atomic mass is 9.76. The zero-order valence-corrected chi connectivity index (χ0v) is 12.7. The van der Waals surface area contributed by atoms with Crippen LogP contribution in [0.2, 0.25) is 0 Å². The Balaban J connectivity index is 1.98. The minimum absolute atomic E-state index is 0.141. The van der Waals surface area contributed by atoms with Crippen LogP contribution >= 0.6 is 0 Å². The molecule has 0 aromatic heterocycles. The molecule has 1 saturated heterocycles. The molecule has 21 heavy (non-hydrogen) atoms. The average molecular weight is 283 g/mol. The summed E-state index contributed by atoms with van der Waals surface area (Å²) in [5, 5.41) is 3.51. The second-order valence-corrected chi connectivity index (χ2v) is 6.12. The van der Waals surface area contributed by atoms with Crippen LogP contribution in [0.15, 0.2) is 42.5 Å².